The second-order valence-corrected chi connectivity index (χ2v) is 13.6. The van der Waals surface area contributed by atoms with Gasteiger partial charge in [-0.2, -0.15) is 0 Å². The number of H-pyrrole nitrogens is 1. The van der Waals surface area contributed by atoms with E-state index in [4.69, 9.17) is 20.6 Å². The number of hydrogen-bond acceptors (Lipinski definition) is 13. The summed E-state index contributed by atoms with van der Waals surface area (Å²) in [4.78, 5) is 77.5. The van der Waals surface area contributed by atoms with Gasteiger partial charge in [-0.15, -0.1) is 5.10 Å². The summed E-state index contributed by atoms with van der Waals surface area (Å²) in [5.74, 6) is -6.68. The second-order valence-electron chi connectivity index (χ2n) is 13.6. The molecule has 1 unspecified atom stereocenters. The number of aromatic hydroxyl groups is 2. The Bertz CT molecular complexity index is 2760. The standard InChI is InChI=1S/C43H38N10O11/c1-63-35-30(17-15-28(33(35)54)41(59)50-31-18-16-29(43(61)62)34(55)36(31)64-2)49-39(57)23-9-13-26(14-10-23)48-42(60)32(19-27-20-46-53-52-27)51-40(58)24-7-11-25(12-8-24)47-38(56)22-5-3-21(4-6-22)37(44)45/h3-18,20,32,54-55H,19H2,1-2H3,(H3,44,45)(H,47,56)(H,48,60)(H,49,57)(H,50,59)(H,51,58)(H,61,62)(H,46,52,53). The highest BCUT2D eigenvalue weighted by Crippen LogP contribution is 2.40. The van der Waals surface area contributed by atoms with Crippen LogP contribution in [-0.4, -0.2) is 92.3 Å². The summed E-state index contributed by atoms with van der Waals surface area (Å²) in [6.07, 6.45) is 1.38. The van der Waals surface area contributed by atoms with Crippen molar-refractivity contribution in [2.75, 3.05) is 35.5 Å². The number of nitrogens with one attached hydrogen (secondary N) is 7. The predicted molar refractivity (Wildman–Crippen MR) is 230 cm³/mol. The molecule has 0 bridgehead atoms. The first-order valence-electron chi connectivity index (χ1n) is 18.8. The van der Waals surface area contributed by atoms with Crippen LogP contribution < -0.4 is 41.8 Å². The third-order valence-corrected chi connectivity index (χ3v) is 9.43. The van der Waals surface area contributed by atoms with E-state index in [1.54, 1.807) is 12.1 Å². The summed E-state index contributed by atoms with van der Waals surface area (Å²) in [5, 5.41) is 61.3. The number of nitrogens with zero attached hydrogens (tertiary/aromatic N) is 2. The summed E-state index contributed by atoms with van der Waals surface area (Å²) in [6, 6.07) is 21.5. The lowest BCUT2D eigenvalue weighted by molar-refractivity contribution is -0.118. The Kier molecular flexibility index (Phi) is 13.4. The molecule has 0 radical (unpaired) electrons. The van der Waals surface area contributed by atoms with Gasteiger partial charge in [-0.25, -0.2) is 4.79 Å². The number of ether oxygens (including phenoxy) is 2. The maximum absolute atomic E-state index is 13.6. The van der Waals surface area contributed by atoms with Crippen LogP contribution in [0.4, 0.5) is 22.7 Å². The van der Waals surface area contributed by atoms with Gasteiger partial charge < -0.3 is 57.1 Å². The first-order chi connectivity index (χ1) is 30.7. The van der Waals surface area contributed by atoms with Crippen LogP contribution in [0, 0.1) is 5.41 Å². The van der Waals surface area contributed by atoms with Gasteiger partial charge in [0.1, 0.15) is 17.4 Å². The highest BCUT2D eigenvalue weighted by atomic mass is 16.5. The number of rotatable bonds is 16. The molecule has 0 saturated heterocycles. The van der Waals surface area contributed by atoms with E-state index in [0.717, 1.165) is 13.2 Å². The first kappa shape index (κ1) is 44.3. The SMILES string of the molecule is COc1c(NC(=O)c2ccc(NC(=O)c3ccc(NC(=O)C(Cc4cnn[nH]4)NC(=O)c4ccc(NC(=O)c5ccc(C(=N)N)cc5)cc4)cc3)c(OC)c2O)ccc(C(=O)O)c1O. The predicted octanol–water partition coefficient (Wildman–Crippen LogP) is 3.95. The molecule has 0 aliphatic heterocycles. The molecule has 1 atom stereocenters. The highest BCUT2D eigenvalue weighted by molar-refractivity contribution is 6.11. The molecule has 0 aliphatic rings. The number of aromatic nitrogens is 3. The fourth-order valence-electron chi connectivity index (χ4n) is 6.13. The second kappa shape index (κ2) is 19.4. The van der Waals surface area contributed by atoms with E-state index < -0.39 is 58.6 Å². The number of methoxy groups -OCH3 is 2. The zero-order valence-electron chi connectivity index (χ0n) is 33.7. The summed E-state index contributed by atoms with van der Waals surface area (Å²) in [5.41, 5.74) is 6.84. The molecule has 12 N–H and O–H groups in total. The van der Waals surface area contributed by atoms with Gasteiger partial charge in [0.2, 0.25) is 5.91 Å². The first-order valence-corrected chi connectivity index (χ1v) is 18.8. The minimum absolute atomic E-state index is 0.0106. The molecule has 0 aliphatic carbocycles. The zero-order valence-corrected chi connectivity index (χ0v) is 33.7. The molecule has 326 valence electrons. The van der Waals surface area contributed by atoms with Crippen LogP contribution in [0.3, 0.4) is 0 Å². The number of hydrogen-bond donors (Lipinski definition) is 11. The number of carboxylic acids is 1. The number of nitrogen functional groups attached to an aromatic ring is 1. The normalized spacial score (nSPS) is 11.0. The quantitative estimate of drug-likeness (QED) is 0.0485. The molecular formula is C43H38N10O11. The number of anilines is 4. The van der Waals surface area contributed by atoms with Crippen LogP contribution in [0.15, 0.2) is 103 Å². The topological polar surface area (TPSA) is 333 Å². The maximum Gasteiger partial charge on any atom is 0.339 e. The number of carboxylic acid groups (broad SMARTS) is 1. The van der Waals surface area contributed by atoms with Gasteiger partial charge in [-0.05, 0) is 84.9 Å². The average molecular weight is 871 g/mol. The van der Waals surface area contributed by atoms with Crippen molar-refractivity contribution >= 4 is 64.1 Å². The van der Waals surface area contributed by atoms with Crippen molar-refractivity contribution in [1.29, 1.82) is 5.41 Å². The van der Waals surface area contributed by atoms with Crippen molar-refractivity contribution in [2.45, 2.75) is 12.5 Å². The van der Waals surface area contributed by atoms with Gasteiger partial charge in [0.05, 0.1) is 43.0 Å². The molecule has 6 rings (SSSR count). The highest BCUT2D eigenvalue weighted by Gasteiger charge is 2.26. The molecule has 64 heavy (non-hydrogen) atoms. The maximum atomic E-state index is 13.6. The number of nitrogens with two attached hydrogens (primary N) is 1. The smallest absolute Gasteiger partial charge is 0.339 e. The monoisotopic (exact) mass is 870 g/mol. The molecule has 1 aromatic heterocycles. The summed E-state index contributed by atoms with van der Waals surface area (Å²) in [7, 11) is 2.36. The van der Waals surface area contributed by atoms with Crippen molar-refractivity contribution in [2.24, 2.45) is 5.73 Å². The van der Waals surface area contributed by atoms with E-state index in [1.807, 2.05) is 0 Å². The van der Waals surface area contributed by atoms with Crippen LogP contribution in [0.5, 0.6) is 23.0 Å². The summed E-state index contributed by atoms with van der Waals surface area (Å²) < 4.78 is 10.4. The van der Waals surface area contributed by atoms with Crippen LogP contribution in [0.2, 0.25) is 0 Å². The summed E-state index contributed by atoms with van der Waals surface area (Å²) >= 11 is 0. The molecular weight excluding hydrogens is 833 g/mol. The van der Waals surface area contributed by atoms with Gasteiger partial charge >= 0.3 is 5.97 Å². The van der Waals surface area contributed by atoms with Gasteiger partial charge in [0.15, 0.2) is 23.0 Å². The fourth-order valence-corrected chi connectivity index (χ4v) is 6.13. The van der Waals surface area contributed by atoms with E-state index in [9.17, 15) is 44.1 Å². The lowest BCUT2D eigenvalue weighted by Crippen LogP contribution is -2.45. The Hall–Kier alpha value is -9.27. The van der Waals surface area contributed by atoms with Gasteiger partial charge in [0, 0.05) is 40.0 Å². The largest absolute Gasteiger partial charge is 0.504 e. The molecule has 1 heterocycles. The lowest BCUT2D eigenvalue weighted by Gasteiger charge is -2.18. The van der Waals surface area contributed by atoms with Crippen LogP contribution >= 0.6 is 0 Å². The van der Waals surface area contributed by atoms with E-state index in [0.29, 0.717) is 22.5 Å². The average Bonchev–Trinajstić information content (AvgIpc) is 3.80. The number of aromatic amines is 1. The molecule has 5 aromatic carbocycles. The molecule has 5 amide bonds. The number of benzene rings is 5. The lowest BCUT2D eigenvalue weighted by atomic mass is 10.1. The van der Waals surface area contributed by atoms with E-state index in [2.05, 4.69) is 42.0 Å². The third-order valence-electron chi connectivity index (χ3n) is 9.43. The number of carbonyl (C=O) groups is 6. The van der Waals surface area contributed by atoms with Crippen molar-refractivity contribution in [3.05, 3.63) is 142 Å². The molecule has 21 nitrogen and oxygen atoms in total. The van der Waals surface area contributed by atoms with Crippen LogP contribution in [0.25, 0.3) is 0 Å². The number of phenols is 2. The Morgan fingerprint density at radius 1 is 0.641 bits per heavy atom. The van der Waals surface area contributed by atoms with E-state index >= 15 is 0 Å². The molecule has 21 heteroatoms. The summed E-state index contributed by atoms with van der Waals surface area (Å²) in [6.45, 7) is 0. The Morgan fingerprint density at radius 3 is 1.62 bits per heavy atom. The van der Waals surface area contributed by atoms with Crippen molar-refractivity contribution in [1.82, 2.24) is 20.7 Å². The van der Waals surface area contributed by atoms with E-state index in [-0.39, 0.29) is 57.5 Å². The van der Waals surface area contributed by atoms with Crippen molar-refractivity contribution < 1.29 is 53.6 Å². The minimum atomic E-state index is -1.42. The van der Waals surface area contributed by atoms with Gasteiger partial charge in [0.25, 0.3) is 23.6 Å². The van der Waals surface area contributed by atoms with Crippen molar-refractivity contribution in [3.8, 4) is 23.0 Å². The molecule has 6 aromatic rings. The zero-order chi connectivity index (χ0) is 46.1. The van der Waals surface area contributed by atoms with E-state index in [1.165, 1.54) is 92.2 Å². The molecule has 0 saturated carbocycles. The number of amides is 5. The van der Waals surface area contributed by atoms with Crippen LogP contribution in [0.1, 0.15) is 63.0 Å². The Labute approximate surface area is 362 Å². The number of amidine groups is 1. The number of carbonyl (C=O) groups excluding carboxylic acids is 5. The Morgan fingerprint density at radius 2 is 1.11 bits per heavy atom. The Balaban J connectivity index is 1.09. The number of aromatic carboxylic acids is 1. The third kappa shape index (κ3) is 10.2. The van der Waals surface area contributed by atoms with Gasteiger partial charge in [-0.1, -0.05) is 17.3 Å². The fraction of sp³-hybridized carbons (Fsp3) is 0.0930. The van der Waals surface area contributed by atoms with Gasteiger partial charge in [-0.3, -0.25) is 34.5 Å². The van der Waals surface area contributed by atoms with Crippen LogP contribution in [-0.2, 0) is 11.2 Å². The number of phenolic OH excluding ortho intramolecular Hbond substituents is 1. The molecule has 0 spiro atoms. The minimum Gasteiger partial charge on any atom is -0.504 e. The molecule has 0 fully saturated rings. The van der Waals surface area contributed by atoms with Crippen molar-refractivity contribution in [3.63, 3.8) is 0 Å².